The normalized spacial score (nSPS) is 12.1. The van der Waals surface area contributed by atoms with Crippen molar-refractivity contribution in [3.05, 3.63) is 59.8 Å². The summed E-state index contributed by atoms with van der Waals surface area (Å²) in [4.78, 5) is 25.5. The third-order valence-electron chi connectivity index (χ3n) is 5.10. The van der Waals surface area contributed by atoms with Crippen LogP contribution in [-0.2, 0) is 20.6 Å². The molecule has 0 saturated carbocycles. The summed E-state index contributed by atoms with van der Waals surface area (Å²) in [5.74, 6) is 0.459. The Bertz CT molecular complexity index is 1350. The lowest BCUT2D eigenvalue weighted by atomic mass is 10.1. The van der Waals surface area contributed by atoms with Crippen molar-refractivity contribution < 1.29 is 19.1 Å². The topological polar surface area (TPSA) is 141 Å². The Hall–Kier alpha value is -4.61. The van der Waals surface area contributed by atoms with Gasteiger partial charge in [0.1, 0.15) is 11.4 Å². The zero-order chi connectivity index (χ0) is 22.9. The number of aromatic nitrogens is 6. The molecule has 12 heteroatoms. The maximum Gasteiger partial charge on any atom is 0.273 e. The highest BCUT2D eigenvalue weighted by Gasteiger charge is 2.21. The lowest BCUT2D eigenvalue weighted by molar-refractivity contribution is 0.0942. The molecular formula is C21H20N8O4. The van der Waals surface area contributed by atoms with E-state index < -0.39 is 5.91 Å². The SMILES string of the molecule is Cn1cc(CNC(=O)c2c(NC(=O)c3cc(-c4ccc5c(c4)OCO5)n[nH]3)cnn2C)cn1. The second-order valence-corrected chi connectivity index (χ2v) is 7.42. The Balaban J connectivity index is 1.29. The predicted molar refractivity (Wildman–Crippen MR) is 116 cm³/mol. The van der Waals surface area contributed by atoms with Gasteiger partial charge in [-0.05, 0) is 24.3 Å². The molecule has 4 heterocycles. The molecule has 0 saturated heterocycles. The molecule has 3 N–H and O–H groups in total. The third kappa shape index (κ3) is 4.01. The monoisotopic (exact) mass is 448 g/mol. The van der Waals surface area contributed by atoms with Crippen molar-refractivity contribution >= 4 is 17.5 Å². The Morgan fingerprint density at radius 2 is 1.94 bits per heavy atom. The Morgan fingerprint density at radius 1 is 1.09 bits per heavy atom. The molecule has 4 aromatic rings. The van der Waals surface area contributed by atoms with Crippen LogP contribution in [0.5, 0.6) is 11.5 Å². The maximum atomic E-state index is 12.8. The van der Waals surface area contributed by atoms with Crippen molar-refractivity contribution in [3.8, 4) is 22.8 Å². The maximum absolute atomic E-state index is 12.8. The van der Waals surface area contributed by atoms with Gasteiger partial charge in [0.05, 0.1) is 23.8 Å². The number of benzene rings is 1. The fourth-order valence-electron chi connectivity index (χ4n) is 3.46. The van der Waals surface area contributed by atoms with Crippen LogP contribution < -0.4 is 20.1 Å². The molecule has 0 unspecified atom stereocenters. The molecule has 3 aromatic heterocycles. The van der Waals surface area contributed by atoms with E-state index in [-0.39, 0.29) is 29.8 Å². The van der Waals surface area contributed by atoms with Crippen LogP contribution in [0.15, 0.2) is 42.9 Å². The highest BCUT2D eigenvalue weighted by Crippen LogP contribution is 2.35. The van der Waals surface area contributed by atoms with Crippen molar-refractivity contribution in [1.29, 1.82) is 0 Å². The van der Waals surface area contributed by atoms with Gasteiger partial charge < -0.3 is 20.1 Å². The summed E-state index contributed by atoms with van der Waals surface area (Å²) in [6.07, 6.45) is 4.90. The lowest BCUT2D eigenvalue weighted by Crippen LogP contribution is -2.26. The van der Waals surface area contributed by atoms with E-state index in [1.54, 1.807) is 43.2 Å². The minimum absolute atomic E-state index is 0.177. The van der Waals surface area contributed by atoms with Crippen molar-refractivity contribution in [3.63, 3.8) is 0 Å². The lowest BCUT2D eigenvalue weighted by Gasteiger charge is -2.08. The summed E-state index contributed by atoms with van der Waals surface area (Å²) in [7, 11) is 3.43. The van der Waals surface area contributed by atoms with Crippen LogP contribution in [0.3, 0.4) is 0 Å². The first-order chi connectivity index (χ1) is 16.0. The smallest absolute Gasteiger partial charge is 0.273 e. The van der Waals surface area contributed by atoms with Gasteiger partial charge in [-0.2, -0.15) is 15.3 Å². The van der Waals surface area contributed by atoms with Crippen molar-refractivity contribution in [2.24, 2.45) is 14.1 Å². The van der Waals surface area contributed by atoms with Gasteiger partial charge in [-0.25, -0.2) is 0 Å². The summed E-state index contributed by atoms with van der Waals surface area (Å²) in [6, 6.07) is 7.03. The first-order valence-corrected chi connectivity index (χ1v) is 10.0. The molecule has 1 aromatic carbocycles. The summed E-state index contributed by atoms with van der Waals surface area (Å²) >= 11 is 0. The second kappa shape index (κ2) is 8.15. The quantitative estimate of drug-likeness (QED) is 0.405. The number of nitrogens with one attached hydrogen (secondary N) is 3. The largest absolute Gasteiger partial charge is 0.454 e. The molecule has 5 rings (SSSR count). The van der Waals surface area contributed by atoms with Crippen molar-refractivity contribution in [2.75, 3.05) is 12.1 Å². The summed E-state index contributed by atoms with van der Waals surface area (Å²) in [5, 5.41) is 20.6. The van der Waals surface area contributed by atoms with E-state index in [9.17, 15) is 9.59 Å². The number of carbonyl (C=O) groups is 2. The predicted octanol–water partition coefficient (Wildman–Crippen LogP) is 1.45. The van der Waals surface area contributed by atoms with Gasteiger partial charge in [-0.1, -0.05) is 0 Å². The van der Waals surface area contributed by atoms with Crippen molar-refractivity contribution in [1.82, 2.24) is 35.1 Å². The van der Waals surface area contributed by atoms with E-state index in [2.05, 4.69) is 31.0 Å². The summed E-state index contributed by atoms with van der Waals surface area (Å²) in [5.41, 5.74) is 2.93. The van der Waals surface area contributed by atoms with E-state index in [4.69, 9.17) is 9.47 Å². The minimum Gasteiger partial charge on any atom is -0.454 e. The summed E-state index contributed by atoms with van der Waals surface area (Å²) < 4.78 is 13.8. The number of hydrogen-bond acceptors (Lipinski definition) is 7. The number of amides is 2. The van der Waals surface area contributed by atoms with E-state index in [0.717, 1.165) is 11.1 Å². The number of aromatic amines is 1. The van der Waals surface area contributed by atoms with Gasteiger partial charge in [-0.15, -0.1) is 0 Å². The van der Waals surface area contributed by atoms with Crippen molar-refractivity contribution in [2.45, 2.75) is 6.54 Å². The zero-order valence-corrected chi connectivity index (χ0v) is 17.8. The molecule has 12 nitrogen and oxygen atoms in total. The molecule has 1 aliphatic heterocycles. The Labute approximate surface area is 187 Å². The molecule has 1 aliphatic rings. The van der Waals surface area contributed by atoms with E-state index >= 15 is 0 Å². The molecule has 0 spiro atoms. The van der Waals surface area contributed by atoms with Crippen LogP contribution in [-0.4, -0.2) is 48.4 Å². The van der Waals surface area contributed by atoms with Gasteiger partial charge in [0.25, 0.3) is 11.8 Å². The molecule has 0 atom stereocenters. The van der Waals surface area contributed by atoms with Gasteiger partial charge >= 0.3 is 0 Å². The minimum atomic E-state index is -0.455. The second-order valence-electron chi connectivity index (χ2n) is 7.42. The average Bonchev–Trinajstić information content (AvgIpc) is 3.59. The number of hydrogen-bond donors (Lipinski definition) is 3. The van der Waals surface area contributed by atoms with Gasteiger partial charge in [0.15, 0.2) is 11.5 Å². The standard InChI is InChI=1S/C21H20N8O4/c1-28-10-12(8-23-28)7-22-21(31)19-16(9-24-29(19)2)25-20(30)15-6-14(26-27-15)13-3-4-17-18(5-13)33-11-32-17/h3-6,8-10H,7,11H2,1-2H3,(H,22,31)(H,25,30)(H,26,27). The molecule has 0 radical (unpaired) electrons. The fourth-order valence-corrected chi connectivity index (χ4v) is 3.46. The first kappa shape index (κ1) is 20.3. The van der Waals surface area contributed by atoms with E-state index in [1.807, 2.05) is 12.3 Å². The van der Waals surface area contributed by atoms with Gasteiger partial charge in [-0.3, -0.25) is 24.1 Å². The number of rotatable bonds is 6. The molecule has 33 heavy (non-hydrogen) atoms. The van der Waals surface area contributed by atoms with E-state index in [1.165, 1.54) is 10.9 Å². The van der Waals surface area contributed by atoms with Crippen LogP contribution in [0, 0.1) is 0 Å². The molecule has 2 amide bonds. The molecule has 168 valence electrons. The number of anilines is 1. The number of nitrogens with zero attached hydrogens (tertiary/aromatic N) is 5. The van der Waals surface area contributed by atoms with Gasteiger partial charge in [0, 0.05) is 38.0 Å². The molecular weight excluding hydrogens is 428 g/mol. The van der Waals surface area contributed by atoms with Crippen LogP contribution in [0.25, 0.3) is 11.3 Å². The molecule has 0 fully saturated rings. The highest BCUT2D eigenvalue weighted by molar-refractivity contribution is 6.07. The van der Waals surface area contributed by atoms with Crippen LogP contribution in [0.1, 0.15) is 26.5 Å². The van der Waals surface area contributed by atoms with E-state index in [0.29, 0.717) is 23.7 Å². The molecule has 0 bridgehead atoms. The van der Waals surface area contributed by atoms with Crippen LogP contribution >= 0.6 is 0 Å². The zero-order valence-electron chi connectivity index (χ0n) is 17.8. The van der Waals surface area contributed by atoms with Crippen LogP contribution in [0.2, 0.25) is 0 Å². The number of fused-ring (bicyclic) bond motifs is 1. The third-order valence-corrected chi connectivity index (χ3v) is 5.10. The summed E-state index contributed by atoms with van der Waals surface area (Å²) in [6.45, 7) is 0.473. The number of aryl methyl sites for hydroxylation is 2. The fraction of sp³-hybridized carbons (Fsp3) is 0.190. The Morgan fingerprint density at radius 3 is 2.76 bits per heavy atom. The number of ether oxygens (including phenoxy) is 2. The first-order valence-electron chi connectivity index (χ1n) is 10.0. The van der Waals surface area contributed by atoms with Crippen LogP contribution in [0.4, 0.5) is 5.69 Å². The molecule has 0 aliphatic carbocycles. The number of H-pyrrole nitrogens is 1. The highest BCUT2D eigenvalue weighted by atomic mass is 16.7. The van der Waals surface area contributed by atoms with Gasteiger partial charge in [0.2, 0.25) is 6.79 Å². The Kier molecular flexibility index (Phi) is 5.01. The number of carbonyl (C=O) groups excluding carboxylic acids is 2. The average molecular weight is 448 g/mol.